The van der Waals surface area contributed by atoms with Gasteiger partial charge in [0.25, 0.3) is 0 Å². The van der Waals surface area contributed by atoms with Crippen LogP contribution in [0.1, 0.15) is 34.6 Å². The van der Waals surface area contributed by atoms with Crippen molar-refractivity contribution in [2.75, 3.05) is 6.61 Å². The summed E-state index contributed by atoms with van der Waals surface area (Å²) in [5, 5.41) is 0. The minimum Gasteiger partial charge on any atom is -0.369 e. The molecule has 0 unspecified atom stereocenters. The van der Waals surface area contributed by atoms with Gasteiger partial charge in [-0.2, -0.15) is 0 Å². The van der Waals surface area contributed by atoms with E-state index in [0.29, 0.717) is 12.7 Å². The maximum absolute atomic E-state index is 6.15. The van der Waals surface area contributed by atoms with Gasteiger partial charge in [0.15, 0.2) is 0 Å². The lowest BCUT2D eigenvalue weighted by atomic mass is 9.90. The minimum absolute atomic E-state index is 0.331. The summed E-state index contributed by atoms with van der Waals surface area (Å²) in [5.74, 6) is 0. The fourth-order valence-corrected chi connectivity index (χ4v) is 5.08. The molecule has 1 aliphatic heterocycles. The van der Waals surface area contributed by atoms with Crippen LogP contribution < -0.4 is 0 Å². The molecule has 0 radical (unpaired) electrons. The Hall–Kier alpha value is -0.423. The number of rotatable bonds is 5. The lowest BCUT2D eigenvalue weighted by molar-refractivity contribution is 0.00578. The Morgan fingerprint density at radius 2 is 1.71 bits per heavy atom. The van der Waals surface area contributed by atoms with Crippen LogP contribution in [-0.2, 0) is 13.3 Å². The van der Waals surface area contributed by atoms with Crippen LogP contribution >= 0.6 is 0 Å². The first kappa shape index (κ1) is 14.6. The molecule has 0 saturated carbocycles. The monoisotopic (exact) mass is 256 g/mol. The van der Waals surface area contributed by atoms with Crippen molar-refractivity contribution < 1.29 is 13.3 Å². The van der Waals surface area contributed by atoms with Crippen molar-refractivity contribution in [2.24, 2.45) is 0 Å². The Morgan fingerprint density at radius 3 is 2.12 bits per heavy atom. The van der Waals surface area contributed by atoms with Crippen molar-refractivity contribution in [3.63, 3.8) is 0 Å². The summed E-state index contributed by atoms with van der Waals surface area (Å²) in [7, 11) is -2.60. The van der Waals surface area contributed by atoms with Gasteiger partial charge in [0.2, 0.25) is 0 Å². The van der Waals surface area contributed by atoms with Gasteiger partial charge in [-0.15, -0.1) is 6.58 Å². The normalized spacial score (nSPS) is 25.2. The van der Waals surface area contributed by atoms with Crippen molar-refractivity contribution in [3.05, 3.63) is 24.8 Å². The van der Waals surface area contributed by atoms with Crippen LogP contribution in [0.3, 0.4) is 0 Å². The summed E-state index contributed by atoms with van der Waals surface area (Å²) < 4.78 is 18.1. The fourth-order valence-electron chi connectivity index (χ4n) is 1.69. The van der Waals surface area contributed by atoms with E-state index in [0.717, 1.165) is 0 Å². The van der Waals surface area contributed by atoms with Crippen molar-refractivity contribution in [2.45, 2.75) is 51.9 Å². The summed E-state index contributed by atoms with van der Waals surface area (Å²) >= 11 is 0. The lowest BCUT2D eigenvalue weighted by Gasteiger charge is -2.31. The molecule has 1 fully saturated rings. The van der Waals surface area contributed by atoms with Gasteiger partial charge in [-0.05, 0) is 34.6 Å². The molecule has 0 spiro atoms. The van der Waals surface area contributed by atoms with E-state index < -0.39 is 8.80 Å². The highest BCUT2D eigenvalue weighted by Gasteiger charge is 2.60. The molecule has 0 aromatic carbocycles. The van der Waals surface area contributed by atoms with Crippen molar-refractivity contribution in [1.29, 1.82) is 0 Å². The number of hydrogen-bond acceptors (Lipinski definition) is 3. The lowest BCUT2D eigenvalue weighted by Crippen LogP contribution is -2.42. The van der Waals surface area contributed by atoms with Crippen LogP contribution in [0.25, 0.3) is 0 Å². The summed E-state index contributed by atoms with van der Waals surface area (Å²) in [4.78, 5) is 0. The van der Waals surface area contributed by atoms with Crippen LogP contribution in [-0.4, -0.2) is 26.6 Å². The van der Waals surface area contributed by atoms with E-state index in [2.05, 4.69) is 34.3 Å². The number of hydrogen-bond donors (Lipinski definition) is 0. The SMILES string of the molecule is C=CCO[Si]1(CC=CC)OC(C)(C)C(C)(C)O1. The topological polar surface area (TPSA) is 27.7 Å². The van der Waals surface area contributed by atoms with E-state index in [1.54, 1.807) is 6.08 Å². The molecule has 0 amide bonds. The Morgan fingerprint density at radius 1 is 1.18 bits per heavy atom. The zero-order chi connectivity index (χ0) is 13.2. The minimum atomic E-state index is -2.60. The molecule has 0 aromatic heterocycles. The van der Waals surface area contributed by atoms with E-state index in [1.807, 2.05) is 19.1 Å². The first-order chi connectivity index (χ1) is 7.79. The third-order valence-electron chi connectivity index (χ3n) is 3.30. The summed E-state index contributed by atoms with van der Waals surface area (Å²) in [6.07, 6.45) is 5.78. The smallest absolute Gasteiger partial charge is 0.369 e. The Bertz CT molecular complexity index is 292. The van der Waals surface area contributed by atoms with Crippen LogP contribution in [0.5, 0.6) is 0 Å². The zero-order valence-corrected chi connectivity index (χ0v) is 12.6. The Labute approximate surface area is 106 Å². The zero-order valence-electron chi connectivity index (χ0n) is 11.6. The standard InChI is InChI=1S/C13H24O3Si/c1-7-9-11-17(14-10-8-2)15-12(3,4)13(5,6)16-17/h7-9H,2,10-11H2,1,3-6H3. The van der Waals surface area contributed by atoms with Gasteiger partial charge < -0.3 is 13.3 Å². The second-order valence-corrected chi connectivity index (χ2v) is 7.75. The quantitative estimate of drug-likeness (QED) is 0.558. The molecule has 1 heterocycles. The fraction of sp³-hybridized carbons (Fsp3) is 0.692. The Balaban J connectivity index is 2.90. The van der Waals surface area contributed by atoms with Gasteiger partial charge in [-0.3, -0.25) is 0 Å². The number of allylic oxidation sites excluding steroid dienone is 2. The van der Waals surface area contributed by atoms with Crippen molar-refractivity contribution >= 4 is 8.80 Å². The van der Waals surface area contributed by atoms with Crippen LogP contribution in [0.15, 0.2) is 24.8 Å². The van der Waals surface area contributed by atoms with Crippen LogP contribution in [0.2, 0.25) is 6.04 Å². The highest BCUT2D eigenvalue weighted by molar-refractivity contribution is 6.62. The molecule has 0 N–H and O–H groups in total. The molecule has 1 saturated heterocycles. The van der Waals surface area contributed by atoms with Crippen molar-refractivity contribution in [3.8, 4) is 0 Å². The second-order valence-electron chi connectivity index (χ2n) is 5.28. The molecule has 3 nitrogen and oxygen atoms in total. The third kappa shape index (κ3) is 3.07. The summed E-state index contributed by atoms with van der Waals surface area (Å²) in [6, 6.07) is 0.712. The molecule has 1 aliphatic rings. The van der Waals surface area contributed by atoms with E-state index in [9.17, 15) is 0 Å². The average molecular weight is 256 g/mol. The molecule has 98 valence electrons. The van der Waals surface area contributed by atoms with E-state index in [1.165, 1.54) is 0 Å². The van der Waals surface area contributed by atoms with Gasteiger partial charge in [0.1, 0.15) is 0 Å². The predicted molar refractivity (Wildman–Crippen MR) is 71.9 cm³/mol. The highest BCUT2D eigenvalue weighted by atomic mass is 28.4. The van der Waals surface area contributed by atoms with E-state index in [-0.39, 0.29) is 11.2 Å². The third-order valence-corrected chi connectivity index (χ3v) is 6.28. The van der Waals surface area contributed by atoms with Gasteiger partial charge in [-0.25, -0.2) is 0 Å². The van der Waals surface area contributed by atoms with Crippen LogP contribution in [0, 0.1) is 0 Å². The molecular formula is C13H24O3Si. The maximum atomic E-state index is 6.15. The summed E-state index contributed by atoms with van der Waals surface area (Å²) in [6.45, 7) is 14.3. The van der Waals surface area contributed by atoms with Gasteiger partial charge >= 0.3 is 8.80 Å². The molecule has 1 rings (SSSR count). The molecule has 0 atom stereocenters. The molecular weight excluding hydrogens is 232 g/mol. The molecule has 4 heteroatoms. The molecule has 0 aliphatic carbocycles. The van der Waals surface area contributed by atoms with E-state index >= 15 is 0 Å². The van der Waals surface area contributed by atoms with Crippen molar-refractivity contribution in [1.82, 2.24) is 0 Å². The summed E-state index contributed by atoms with van der Waals surface area (Å²) in [5.41, 5.74) is -0.663. The first-order valence-electron chi connectivity index (χ1n) is 6.05. The van der Waals surface area contributed by atoms with Gasteiger partial charge in [0, 0.05) is 6.04 Å². The molecule has 0 aromatic rings. The largest absolute Gasteiger partial charge is 0.506 e. The first-order valence-corrected chi connectivity index (χ1v) is 7.98. The van der Waals surface area contributed by atoms with E-state index in [4.69, 9.17) is 13.3 Å². The Kier molecular flexibility index (Phi) is 4.36. The molecule has 0 bridgehead atoms. The molecule has 17 heavy (non-hydrogen) atoms. The maximum Gasteiger partial charge on any atom is 0.506 e. The highest BCUT2D eigenvalue weighted by Crippen LogP contribution is 2.43. The average Bonchev–Trinajstić information content (AvgIpc) is 2.40. The van der Waals surface area contributed by atoms with Gasteiger partial charge in [-0.1, -0.05) is 18.2 Å². The second kappa shape index (κ2) is 5.06. The van der Waals surface area contributed by atoms with Crippen LogP contribution in [0.4, 0.5) is 0 Å². The predicted octanol–water partition coefficient (Wildman–Crippen LogP) is 3.31. The van der Waals surface area contributed by atoms with Gasteiger partial charge in [0.05, 0.1) is 17.8 Å².